The molecule has 4 heteroatoms. The van der Waals surface area contributed by atoms with Crippen LogP contribution >= 0.6 is 0 Å². The van der Waals surface area contributed by atoms with E-state index in [2.05, 4.69) is 13.8 Å². The highest BCUT2D eigenvalue weighted by Crippen LogP contribution is 2.32. The van der Waals surface area contributed by atoms with E-state index < -0.39 is 11.9 Å². The highest BCUT2D eigenvalue weighted by molar-refractivity contribution is 5.67. The van der Waals surface area contributed by atoms with Crippen LogP contribution in [0.25, 0.3) is 0 Å². The van der Waals surface area contributed by atoms with Crippen molar-refractivity contribution in [3.63, 3.8) is 0 Å². The third-order valence-electron chi connectivity index (χ3n) is 4.18. The monoisotopic (exact) mass is 300 g/mol. The smallest absolute Gasteiger partial charge is 0.303 e. The Balaban J connectivity index is 3.98. The predicted octanol–water partition coefficient (Wildman–Crippen LogP) is 4.57. The van der Waals surface area contributed by atoms with Gasteiger partial charge in [0, 0.05) is 6.42 Å². The third kappa shape index (κ3) is 11.3. The van der Waals surface area contributed by atoms with Gasteiger partial charge in [0.15, 0.2) is 0 Å². The zero-order valence-corrected chi connectivity index (χ0v) is 14.0. The minimum Gasteiger partial charge on any atom is -0.481 e. The lowest BCUT2D eigenvalue weighted by Crippen LogP contribution is -2.20. The summed E-state index contributed by atoms with van der Waals surface area (Å²) in [5.41, 5.74) is -0.154. The minimum absolute atomic E-state index is 0.154. The molecule has 0 spiro atoms. The Labute approximate surface area is 128 Å². The second kappa shape index (κ2) is 9.80. The van der Waals surface area contributed by atoms with Crippen LogP contribution < -0.4 is 0 Å². The summed E-state index contributed by atoms with van der Waals surface area (Å²) in [7, 11) is 0. The van der Waals surface area contributed by atoms with Crippen LogP contribution in [-0.4, -0.2) is 22.2 Å². The van der Waals surface area contributed by atoms with Crippen LogP contribution in [0.3, 0.4) is 0 Å². The molecule has 0 aromatic carbocycles. The first-order valence-electron chi connectivity index (χ1n) is 8.10. The first-order valence-corrected chi connectivity index (χ1v) is 8.10. The summed E-state index contributed by atoms with van der Waals surface area (Å²) in [6, 6.07) is 0. The van der Waals surface area contributed by atoms with Crippen molar-refractivity contribution in [1.29, 1.82) is 0 Å². The maximum absolute atomic E-state index is 10.8. The Morgan fingerprint density at radius 1 is 1.05 bits per heavy atom. The molecule has 0 aliphatic rings. The van der Waals surface area contributed by atoms with Crippen molar-refractivity contribution < 1.29 is 19.8 Å². The SMILES string of the molecule is CCC(CCCC(C)CC(C)(C)CC(=O)O)CCC(=O)O. The van der Waals surface area contributed by atoms with E-state index in [0.29, 0.717) is 11.8 Å². The van der Waals surface area contributed by atoms with Gasteiger partial charge in [-0.05, 0) is 30.1 Å². The molecule has 4 nitrogen and oxygen atoms in total. The zero-order valence-electron chi connectivity index (χ0n) is 14.0. The molecule has 124 valence electrons. The summed E-state index contributed by atoms with van der Waals surface area (Å²) in [6.07, 6.45) is 6.47. The molecule has 0 saturated carbocycles. The fraction of sp³-hybridized carbons (Fsp3) is 0.882. The highest BCUT2D eigenvalue weighted by atomic mass is 16.4. The average Bonchev–Trinajstić information content (AvgIpc) is 2.30. The van der Waals surface area contributed by atoms with Crippen LogP contribution in [0.5, 0.6) is 0 Å². The normalized spacial score (nSPS) is 14.7. The predicted molar refractivity (Wildman–Crippen MR) is 84.3 cm³/mol. The summed E-state index contributed by atoms with van der Waals surface area (Å²) in [5, 5.41) is 17.6. The number of rotatable bonds is 12. The zero-order chi connectivity index (χ0) is 16.5. The molecule has 21 heavy (non-hydrogen) atoms. The molecule has 2 atom stereocenters. The molecule has 0 aliphatic heterocycles. The molecule has 0 aromatic rings. The largest absolute Gasteiger partial charge is 0.481 e. The Bertz CT molecular complexity index is 323. The molecule has 0 saturated heterocycles. The Hall–Kier alpha value is -1.06. The first-order chi connectivity index (χ1) is 9.66. The van der Waals surface area contributed by atoms with Crippen LogP contribution in [0.15, 0.2) is 0 Å². The second-order valence-corrected chi connectivity index (χ2v) is 7.18. The number of carboxylic acids is 2. The number of hydrogen-bond donors (Lipinski definition) is 2. The molecule has 0 rings (SSSR count). The topological polar surface area (TPSA) is 74.6 Å². The lowest BCUT2D eigenvalue weighted by molar-refractivity contribution is -0.140. The van der Waals surface area contributed by atoms with E-state index in [1.807, 2.05) is 13.8 Å². The summed E-state index contributed by atoms with van der Waals surface area (Å²) < 4.78 is 0. The third-order valence-corrected chi connectivity index (χ3v) is 4.18. The maximum atomic E-state index is 10.8. The van der Waals surface area contributed by atoms with Gasteiger partial charge < -0.3 is 10.2 Å². The van der Waals surface area contributed by atoms with Crippen molar-refractivity contribution in [2.45, 2.75) is 79.1 Å². The standard InChI is InChI=1S/C17H32O4/c1-5-14(9-10-15(18)19)8-6-7-13(2)11-17(3,4)12-16(20)21/h13-14H,5-12H2,1-4H3,(H,18,19)(H,20,21). The number of carboxylic acid groups (broad SMARTS) is 2. The fourth-order valence-electron chi connectivity index (χ4n) is 3.16. The Morgan fingerprint density at radius 2 is 1.67 bits per heavy atom. The van der Waals surface area contributed by atoms with Gasteiger partial charge in [-0.3, -0.25) is 9.59 Å². The van der Waals surface area contributed by atoms with Gasteiger partial charge in [0.1, 0.15) is 0 Å². The Kier molecular flexibility index (Phi) is 9.31. The number of carbonyl (C=O) groups is 2. The van der Waals surface area contributed by atoms with Crippen LogP contribution in [-0.2, 0) is 9.59 Å². The summed E-state index contributed by atoms with van der Waals surface area (Å²) in [5.74, 6) is -0.430. The van der Waals surface area contributed by atoms with Crippen molar-refractivity contribution >= 4 is 11.9 Å². The molecule has 0 heterocycles. The molecule has 0 radical (unpaired) electrons. The molecular formula is C17H32O4. The van der Waals surface area contributed by atoms with Crippen molar-refractivity contribution in [1.82, 2.24) is 0 Å². The quantitative estimate of drug-likeness (QED) is 0.553. The van der Waals surface area contributed by atoms with E-state index in [-0.39, 0.29) is 18.3 Å². The lowest BCUT2D eigenvalue weighted by Gasteiger charge is -2.26. The van der Waals surface area contributed by atoms with E-state index in [0.717, 1.165) is 38.5 Å². The van der Waals surface area contributed by atoms with E-state index in [1.165, 1.54) is 0 Å². The van der Waals surface area contributed by atoms with E-state index >= 15 is 0 Å². The van der Waals surface area contributed by atoms with Gasteiger partial charge in [0.25, 0.3) is 0 Å². The van der Waals surface area contributed by atoms with Crippen LogP contribution in [0.4, 0.5) is 0 Å². The molecular weight excluding hydrogens is 268 g/mol. The maximum Gasteiger partial charge on any atom is 0.303 e. The molecule has 0 aliphatic carbocycles. The summed E-state index contributed by atoms with van der Waals surface area (Å²) >= 11 is 0. The van der Waals surface area contributed by atoms with Gasteiger partial charge in [0.05, 0.1) is 6.42 Å². The van der Waals surface area contributed by atoms with E-state index in [4.69, 9.17) is 10.2 Å². The first kappa shape index (κ1) is 19.9. The summed E-state index contributed by atoms with van der Waals surface area (Å²) in [6.45, 7) is 8.33. The van der Waals surface area contributed by atoms with Crippen molar-refractivity contribution in [3.05, 3.63) is 0 Å². The molecule has 2 unspecified atom stereocenters. The minimum atomic E-state index is -0.730. The fourth-order valence-corrected chi connectivity index (χ4v) is 3.16. The van der Waals surface area contributed by atoms with Crippen LogP contribution in [0.1, 0.15) is 79.1 Å². The van der Waals surface area contributed by atoms with Gasteiger partial charge in [0.2, 0.25) is 0 Å². The molecule has 0 fully saturated rings. The molecule has 0 aromatic heterocycles. The van der Waals surface area contributed by atoms with E-state index in [1.54, 1.807) is 0 Å². The number of hydrogen-bond acceptors (Lipinski definition) is 2. The molecule has 0 bridgehead atoms. The number of aliphatic carboxylic acids is 2. The average molecular weight is 300 g/mol. The Morgan fingerprint density at radius 3 is 2.14 bits per heavy atom. The lowest BCUT2D eigenvalue weighted by atomic mass is 9.79. The van der Waals surface area contributed by atoms with Gasteiger partial charge in [-0.25, -0.2) is 0 Å². The van der Waals surface area contributed by atoms with Gasteiger partial charge in [-0.1, -0.05) is 53.4 Å². The van der Waals surface area contributed by atoms with Crippen molar-refractivity contribution in [2.24, 2.45) is 17.3 Å². The van der Waals surface area contributed by atoms with Crippen LogP contribution in [0, 0.1) is 17.3 Å². The van der Waals surface area contributed by atoms with Crippen molar-refractivity contribution in [3.8, 4) is 0 Å². The van der Waals surface area contributed by atoms with Gasteiger partial charge in [-0.2, -0.15) is 0 Å². The van der Waals surface area contributed by atoms with E-state index in [9.17, 15) is 9.59 Å². The van der Waals surface area contributed by atoms with Crippen LogP contribution in [0.2, 0.25) is 0 Å². The highest BCUT2D eigenvalue weighted by Gasteiger charge is 2.24. The van der Waals surface area contributed by atoms with Gasteiger partial charge >= 0.3 is 11.9 Å². The van der Waals surface area contributed by atoms with Crippen molar-refractivity contribution in [2.75, 3.05) is 0 Å². The molecule has 0 amide bonds. The van der Waals surface area contributed by atoms with Gasteiger partial charge in [-0.15, -0.1) is 0 Å². The second-order valence-electron chi connectivity index (χ2n) is 7.18. The molecule has 2 N–H and O–H groups in total. The summed E-state index contributed by atoms with van der Waals surface area (Å²) in [4.78, 5) is 21.4.